The van der Waals surface area contributed by atoms with Gasteiger partial charge in [-0.2, -0.15) is 5.10 Å². The average molecular weight is 568 g/mol. The SMILES string of the molecule is CNC(=O)c1ccc(C(C(=O)Nc2ccc(-c3cnn(C4CCCCO4)c3)cc2)N(C)Cc2ccc(OC)cc2)cc1. The van der Waals surface area contributed by atoms with Gasteiger partial charge in [-0.3, -0.25) is 14.5 Å². The van der Waals surface area contributed by atoms with Crippen molar-refractivity contribution in [3.05, 3.63) is 102 Å². The second-order valence-electron chi connectivity index (χ2n) is 10.5. The zero-order valence-electron chi connectivity index (χ0n) is 24.2. The van der Waals surface area contributed by atoms with Crippen LogP contribution < -0.4 is 15.4 Å². The molecule has 5 rings (SSSR count). The van der Waals surface area contributed by atoms with Gasteiger partial charge in [0.2, 0.25) is 5.91 Å². The summed E-state index contributed by atoms with van der Waals surface area (Å²) in [7, 11) is 5.14. The Morgan fingerprint density at radius 3 is 2.40 bits per heavy atom. The van der Waals surface area contributed by atoms with Crippen LogP contribution >= 0.6 is 0 Å². The Balaban J connectivity index is 1.33. The summed E-state index contributed by atoms with van der Waals surface area (Å²) in [5.74, 6) is 0.429. The summed E-state index contributed by atoms with van der Waals surface area (Å²) in [6.07, 6.45) is 7.05. The Morgan fingerprint density at radius 1 is 1.02 bits per heavy atom. The van der Waals surface area contributed by atoms with Crippen LogP contribution in [0.15, 0.2) is 85.2 Å². The highest BCUT2D eigenvalue weighted by Gasteiger charge is 2.26. The fourth-order valence-corrected chi connectivity index (χ4v) is 5.21. The van der Waals surface area contributed by atoms with Gasteiger partial charge in [-0.1, -0.05) is 36.4 Å². The van der Waals surface area contributed by atoms with Gasteiger partial charge < -0.3 is 20.1 Å². The number of anilines is 1. The maximum absolute atomic E-state index is 13.8. The number of hydrogen-bond donors (Lipinski definition) is 2. The van der Waals surface area contributed by atoms with E-state index < -0.39 is 6.04 Å². The first-order valence-corrected chi connectivity index (χ1v) is 14.2. The van der Waals surface area contributed by atoms with Crippen molar-refractivity contribution in [3.8, 4) is 16.9 Å². The van der Waals surface area contributed by atoms with Crippen LogP contribution in [-0.2, 0) is 16.1 Å². The third kappa shape index (κ3) is 6.87. The molecule has 9 nitrogen and oxygen atoms in total. The van der Waals surface area contributed by atoms with Gasteiger partial charge in [0, 0.05) is 43.2 Å². The molecule has 2 N–H and O–H groups in total. The van der Waals surface area contributed by atoms with Gasteiger partial charge >= 0.3 is 0 Å². The van der Waals surface area contributed by atoms with Crippen molar-refractivity contribution >= 4 is 17.5 Å². The number of methoxy groups -OCH3 is 1. The molecule has 1 fully saturated rings. The van der Waals surface area contributed by atoms with E-state index in [4.69, 9.17) is 9.47 Å². The summed E-state index contributed by atoms with van der Waals surface area (Å²) >= 11 is 0. The summed E-state index contributed by atoms with van der Waals surface area (Å²) in [5.41, 5.74) is 5.05. The maximum Gasteiger partial charge on any atom is 0.251 e. The molecule has 2 heterocycles. The highest BCUT2D eigenvalue weighted by atomic mass is 16.5. The van der Waals surface area contributed by atoms with Gasteiger partial charge in [-0.05, 0) is 79.4 Å². The first kappa shape index (κ1) is 29.0. The minimum atomic E-state index is -0.598. The minimum absolute atomic E-state index is 0.0108. The molecule has 0 saturated carbocycles. The molecular weight excluding hydrogens is 530 g/mol. The van der Waals surface area contributed by atoms with Crippen molar-refractivity contribution in [2.45, 2.75) is 38.1 Å². The van der Waals surface area contributed by atoms with Crippen molar-refractivity contribution in [3.63, 3.8) is 0 Å². The molecule has 218 valence electrons. The van der Waals surface area contributed by atoms with E-state index in [-0.39, 0.29) is 18.0 Å². The normalized spacial score (nSPS) is 15.7. The molecule has 0 aliphatic carbocycles. The fraction of sp³-hybridized carbons (Fsp3) is 0.303. The molecule has 1 aliphatic rings. The lowest BCUT2D eigenvalue weighted by atomic mass is 10.0. The van der Waals surface area contributed by atoms with E-state index >= 15 is 0 Å². The van der Waals surface area contributed by atoms with E-state index in [0.717, 1.165) is 53.9 Å². The van der Waals surface area contributed by atoms with E-state index in [1.165, 1.54) is 0 Å². The zero-order chi connectivity index (χ0) is 29.5. The van der Waals surface area contributed by atoms with Crippen LogP contribution in [0, 0.1) is 0 Å². The maximum atomic E-state index is 13.8. The molecule has 1 aromatic heterocycles. The molecule has 4 aromatic rings. The quantitative estimate of drug-likeness (QED) is 0.265. The number of amides is 2. The number of carbonyl (C=O) groups excluding carboxylic acids is 2. The number of likely N-dealkylation sites (N-methyl/N-ethyl adjacent to an activating group) is 1. The summed E-state index contributed by atoms with van der Waals surface area (Å²) in [5, 5.41) is 10.2. The lowest BCUT2D eigenvalue weighted by Gasteiger charge is -2.28. The molecule has 0 radical (unpaired) electrons. The molecule has 2 amide bonds. The largest absolute Gasteiger partial charge is 0.497 e. The van der Waals surface area contributed by atoms with Gasteiger partial charge in [0.25, 0.3) is 5.91 Å². The Labute approximate surface area is 246 Å². The highest BCUT2D eigenvalue weighted by Crippen LogP contribution is 2.28. The van der Waals surface area contributed by atoms with Crippen molar-refractivity contribution in [2.75, 3.05) is 33.1 Å². The number of nitrogens with one attached hydrogen (secondary N) is 2. The van der Waals surface area contributed by atoms with Gasteiger partial charge in [0.15, 0.2) is 0 Å². The average Bonchev–Trinajstić information content (AvgIpc) is 3.53. The third-order valence-electron chi connectivity index (χ3n) is 7.53. The molecule has 42 heavy (non-hydrogen) atoms. The highest BCUT2D eigenvalue weighted by molar-refractivity contribution is 5.96. The topological polar surface area (TPSA) is 97.7 Å². The predicted molar refractivity (Wildman–Crippen MR) is 162 cm³/mol. The fourth-order valence-electron chi connectivity index (χ4n) is 5.21. The molecule has 2 unspecified atom stereocenters. The van der Waals surface area contributed by atoms with Crippen molar-refractivity contribution < 1.29 is 19.1 Å². The number of aromatic nitrogens is 2. The first-order valence-electron chi connectivity index (χ1n) is 14.2. The standard InChI is InChI=1S/C33H37N5O4/c1-34-32(39)26-11-9-25(10-12-26)31(37(2)21-23-7-17-29(41-3)18-8-23)33(40)36-28-15-13-24(14-16-28)27-20-35-38(22-27)30-6-4-5-19-42-30/h7-18,20,22,30-31H,4-6,19,21H2,1-3H3,(H,34,39)(H,36,40). The lowest BCUT2D eigenvalue weighted by molar-refractivity contribution is -0.121. The minimum Gasteiger partial charge on any atom is -0.497 e. The van der Waals surface area contributed by atoms with Crippen molar-refractivity contribution in [1.29, 1.82) is 0 Å². The van der Waals surface area contributed by atoms with E-state index in [2.05, 4.69) is 15.7 Å². The number of nitrogens with zero attached hydrogens (tertiary/aromatic N) is 3. The number of carbonyl (C=O) groups is 2. The van der Waals surface area contributed by atoms with E-state index in [1.54, 1.807) is 26.3 Å². The van der Waals surface area contributed by atoms with Crippen LogP contribution in [0.25, 0.3) is 11.1 Å². The molecule has 9 heteroatoms. The second-order valence-corrected chi connectivity index (χ2v) is 10.5. The molecule has 1 saturated heterocycles. The summed E-state index contributed by atoms with van der Waals surface area (Å²) in [6, 6.07) is 22.1. The molecule has 1 aliphatic heterocycles. The van der Waals surface area contributed by atoms with Gasteiger partial charge in [0.1, 0.15) is 18.0 Å². The third-order valence-corrected chi connectivity index (χ3v) is 7.53. The molecule has 3 aromatic carbocycles. The molecule has 2 atom stereocenters. The Bertz CT molecular complexity index is 1480. The number of ether oxygens (including phenoxy) is 2. The molecule has 0 spiro atoms. The first-order chi connectivity index (χ1) is 20.4. The summed E-state index contributed by atoms with van der Waals surface area (Å²) in [6.45, 7) is 1.30. The van der Waals surface area contributed by atoms with Gasteiger partial charge in [-0.25, -0.2) is 4.68 Å². The van der Waals surface area contributed by atoms with E-state index in [0.29, 0.717) is 17.8 Å². The Kier molecular flexibility index (Phi) is 9.31. The Hall–Kier alpha value is -4.47. The predicted octanol–water partition coefficient (Wildman–Crippen LogP) is 5.43. The summed E-state index contributed by atoms with van der Waals surface area (Å²) < 4.78 is 13.0. The van der Waals surface area contributed by atoms with Gasteiger partial charge in [0.05, 0.1) is 13.3 Å². The number of rotatable bonds is 10. The van der Waals surface area contributed by atoms with Crippen LogP contribution in [-0.4, -0.2) is 54.3 Å². The van der Waals surface area contributed by atoms with Crippen molar-refractivity contribution in [1.82, 2.24) is 20.0 Å². The summed E-state index contributed by atoms with van der Waals surface area (Å²) in [4.78, 5) is 27.8. The molecular formula is C33H37N5O4. The zero-order valence-corrected chi connectivity index (χ0v) is 24.2. The van der Waals surface area contributed by atoms with Crippen LogP contribution in [0.5, 0.6) is 5.75 Å². The van der Waals surface area contributed by atoms with E-state index in [1.807, 2.05) is 89.7 Å². The number of benzene rings is 3. The van der Waals surface area contributed by atoms with Crippen LogP contribution in [0.3, 0.4) is 0 Å². The molecule has 0 bridgehead atoms. The lowest BCUT2D eigenvalue weighted by Crippen LogP contribution is -2.34. The van der Waals surface area contributed by atoms with Crippen LogP contribution in [0.1, 0.15) is 53.0 Å². The smallest absolute Gasteiger partial charge is 0.251 e. The van der Waals surface area contributed by atoms with Crippen LogP contribution in [0.4, 0.5) is 5.69 Å². The Morgan fingerprint density at radius 2 is 1.76 bits per heavy atom. The van der Waals surface area contributed by atoms with Crippen molar-refractivity contribution in [2.24, 2.45) is 0 Å². The second kappa shape index (κ2) is 13.5. The van der Waals surface area contributed by atoms with Gasteiger partial charge in [-0.15, -0.1) is 0 Å². The number of hydrogen-bond acceptors (Lipinski definition) is 6. The van der Waals surface area contributed by atoms with Crippen LogP contribution in [0.2, 0.25) is 0 Å². The van der Waals surface area contributed by atoms with E-state index in [9.17, 15) is 9.59 Å². The monoisotopic (exact) mass is 567 g/mol.